The van der Waals surface area contributed by atoms with Gasteiger partial charge in [-0.2, -0.15) is 0 Å². The number of para-hydroxylation sites is 1. The fraction of sp³-hybridized carbons (Fsp3) is 0.312. The molecule has 0 spiro atoms. The van der Waals surface area contributed by atoms with Crippen molar-refractivity contribution in [3.63, 3.8) is 0 Å². The van der Waals surface area contributed by atoms with Gasteiger partial charge in [-0.25, -0.2) is 4.99 Å². The third kappa shape index (κ3) is 2.05. The Balaban J connectivity index is 1.84. The van der Waals surface area contributed by atoms with Crippen LogP contribution in [-0.4, -0.2) is 36.9 Å². The first-order valence-electron chi connectivity index (χ1n) is 7.11. The van der Waals surface area contributed by atoms with E-state index in [0.717, 1.165) is 44.1 Å². The Morgan fingerprint density at radius 2 is 1.95 bits per heavy atom. The molecular weight excluding hydrogens is 266 g/mol. The van der Waals surface area contributed by atoms with Crippen LogP contribution < -0.4 is 5.32 Å². The van der Waals surface area contributed by atoms with Crippen molar-refractivity contribution in [3.05, 3.63) is 51.7 Å². The molecule has 0 bridgehead atoms. The van der Waals surface area contributed by atoms with Crippen molar-refractivity contribution in [2.75, 3.05) is 26.2 Å². The molecule has 4 heteroatoms. The SMILES string of the molecule is c1ccc2c(c1)Cc1sccc1C(N1CCNCC1)=N2. The van der Waals surface area contributed by atoms with Crippen LogP contribution in [0.25, 0.3) is 0 Å². The third-order valence-electron chi connectivity index (χ3n) is 3.97. The van der Waals surface area contributed by atoms with Gasteiger partial charge in [-0.3, -0.25) is 0 Å². The number of hydrogen-bond donors (Lipinski definition) is 1. The Hall–Kier alpha value is -1.65. The summed E-state index contributed by atoms with van der Waals surface area (Å²) in [5.74, 6) is 1.16. The van der Waals surface area contributed by atoms with Gasteiger partial charge in [0, 0.05) is 43.0 Å². The van der Waals surface area contributed by atoms with Gasteiger partial charge in [0.15, 0.2) is 0 Å². The molecule has 0 unspecified atom stereocenters. The Labute approximate surface area is 123 Å². The molecule has 0 aliphatic carbocycles. The number of nitrogens with one attached hydrogen (secondary N) is 1. The van der Waals surface area contributed by atoms with Gasteiger partial charge in [0.05, 0.1) is 5.69 Å². The van der Waals surface area contributed by atoms with Crippen molar-refractivity contribution in [2.45, 2.75) is 6.42 Å². The van der Waals surface area contributed by atoms with Gasteiger partial charge in [0.2, 0.25) is 0 Å². The zero-order chi connectivity index (χ0) is 13.4. The maximum Gasteiger partial charge on any atom is 0.137 e. The molecule has 2 aliphatic heterocycles. The summed E-state index contributed by atoms with van der Waals surface area (Å²) in [7, 11) is 0. The second-order valence-corrected chi connectivity index (χ2v) is 6.24. The lowest BCUT2D eigenvalue weighted by Gasteiger charge is -2.30. The molecule has 0 radical (unpaired) electrons. The smallest absolute Gasteiger partial charge is 0.137 e. The van der Waals surface area contributed by atoms with Gasteiger partial charge < -0.3 is 10.2 Å². The standard InChI is InChI=1S/C16H17N3S/c1-2-4-14-12(3-1)11-15-13(5-10-20-15)16(18-14)19-8-6-17-7-9-19/h1-5,10,17H,6-9,11H2. The molecule has 1 aromatic heterocycles. The number of fused-ring (bicyclic) bond motifs is 2. The lowest BCUT2D eigenvalue weighted by molar-refractivity contribution is 0.358. The summed E-state index contributed by atoms with van der Waals surface area (Å²) in [5, 5.41) is 5.60. The van der Waals surface area contributed by atoms with E-state index in [1.54, 1.807) is 0 Å². The molecule has 3 heterocycles. The molecule has 102 valence electrons. The van der Waals surface area contributed by atoms with E-state index < -0.39 is 0 Å². The molecule has 0 atom stereocenters. The Morgan fingerprint density at radius 3 is 2.85 bits per heavy atom. The molecule has 0 saturated carbocycles. The van der Waals surface area contributed by atoms with Crippen LogP contribution in [0.4, 0.5) is 5.69 Å². The number of amidine groups is 1. The van der Waals surface area contributed by atoms with Crippen LogP contribution in [0, 0.1) is 0 Å². The molecule has 2 aliphatic rings. The molecule has 2 aromatic rings. The number of benzene rings is 1. The van der Waals surface area contributed by atoms with Crippen LogP contribution >= 0.6 is 11.3 Å². The molecule has 3 nitrogen and oxygen atoms in total. The highest BCUT2D eigenvalue weighted by molar-refractivity contribution is 7.10. The summed E-state index contributed by atoms with van der Waals surface area (Å²) in [5.41, 5.74) is 3.79. The van der Waals surface area contributed by atoms with Crippen molar-refractivity contribution in [1.82, 2.24) is 10.2 Å². The number of thiophene rings is 1. The monoisotopic (exact) mass is 283 g/mol. The van der Waals surface area contributed by atoms with Gasteiger partial charge in [-0.15, -0.1) is 11.3 Å². The normalized spacial score (nSPS) is 18.0. The first-order valence-corrected chi connectivity index (χ1v) is 7.99. The second kappa shape index (κ2) is 5.04. The van der Waals surface area contributed by atoms with Gasteiger partial charge in [-0.05, 0) is 23.1 Å². The molecule has 1 saturated heterocycles. The first-order chi connectivity index (χ1) is 9.92. The van der Waals surface area contributed by atoms with Crippen LogP contribution in [0.2, 0.25) is 0 Å². The lowest BCUT2D eigenvalue weighted by atomic mass is 10.1. The van der Waals surface area contributed by atoms with Crippen molar-refractivity contribution < 1.29 is 0 Å². The van der Waals surface area contributed by atoms with E-state index in [4.69, 9.17) is 4.99 Å². The van der Waals surface area contributed by atoms with Crippen molar-refractivity contribution in [2.24, 2.45) is 4.99 Å². The summed E-state index contributed by atoms with van der Waals surface area (Å²) < 4.78 is 0. The van der Waals surface area contributed by atoms with Crippen molar-refractivity contribution >= 4 is 22.9 Å². The molecule has 1 aromatic carbocycles. The topological polar surface area (TPSA) is 27.6 Å². The summed E-state index contributed by atoms with van der Waals surface area (Å²) in [6, 6.07) is 10.7. The lowest BCUT2D eigenvalue weighted by Crippen LogP contribution is -2.46. The number of aliphatic imine (C=N–C) groups is 1. The molecule has 4 rings (SSSR count). The van der Waals surface area contributed by atoms with Crippen LogP contribution in [0.15, 0.2) is 40.7 Å². The Morgan fingerprint density at radius 1 is 1.10 bits per heavy atom. The van der Waals surface area contributed by atoms with Crippen LogP contribution in [0.1, 0.15) is 16.0 Å². The second-order valence-electron chi connectivity index (χ2n) is 5.24. The predicted octanol–water partition coefficient (Wildman–Crippen LogP) is 2.64. The minimum Gasteiger partial charge on any atom is -0.354 e. The maximum atomic E-state index is 5.00. The van der Waals surface area contributed by atoms with Gasteiger partial charge in [0.1, 0.15) is 5.84 Å². The number of rotatable bonds is 0. The van der Waals surface area contributed by atoms with E-state index in [-0.39, 0.29) is 0 Å². The van der Waals surface area contributed by atoms with E-state index in [1.807, 2.05) is 11.3 Å². The quantitative estimate of drug-likeness (QED) is 0.805. The highest BCUT2D eigenvalue weighted by Crippen LogP contribution is 2.32. The van der Waals surface area contributed by atoms with Crippen molar-refractivity contribution in [1.29, 1.82) is 0 Å². The average Bonchev–Trinajstić information content (AvgIpc) is 2.89. The van der Waals surface area contributed by atoms with E-state index >= 15 is 0 Å². The number of hydrogen-bond acceptors (Lipinski definition) is 4. The highest BCUT2D eigenvalue weighted by Gasteiger charge is 2.23. The Kier molecular flexibility index (Phi) is 3.05. The third-order valence-corrected chi connectivity index (χ3v) is 4.89. The zero-order valence-electron chi connectivity index (χ0n) is 11.3. The minimum absolute atomic E-state index is 1.00. The van der Waals surface area contributed by atoms with Gasteiger partial charge in [-0.1, -0.05) is 18.2 Å². The van der Waals surface area contributed by atoms with E-state index in [0.29, 0.717) is 0 Å². The fourth-order valence-electron chi connectivity index (χ4n) is 2.91. The molecule has 20 heavy (non-hydrogen) atoms. The molecule has 0 amide bonds. The zero-order valence-corrected chi connectivity index (χ0v) is 12.1. The van der Waals surface area contributed by atoms with Crippen LogP contribution in [0.5, 0.6) is 0 Å². The van der Waals surface area contributed by atoms with Crippen LogP contribution in [0.3, 0.4) is 0 Å². The molecule has 1 N–H and O–H groups in total. The molecule has 1 fully saturated rings. The summed E-state index contributed by atoms with van der Waals surface area (Å²) in [6.07, 6.45) is 1.00. The first kappa shape index (κ1) is 12.1. The average molecular weight is 283 g/mol. The maximum absolute atomic E-state index is 5.00. The number of nitrogens with zero attached hydrogens (tertiary/aromatic N) is 2. The van der Waals surface area contributed by atoms with Gasteiger partial charge >= 0.3 is 0 Å². The summed E-state index contributed by atoms with van der Waals surface area (Å²) in [4.78, 5) is 8.86. The van der Waals surface area contributed by atoms with Crippen LogP contribution in [-0.2, 0) is 6.42 Å². The summed E-state index contributed by atoms with van der Waals surface area (Å²) in [6.45, 7) is 4.16. The van der Waals surface area contributed by atoms with E-state index in [2.05, 4.69) is 45.9 Å². The minimum atomic E-state index is 1.00. The number of piperazine rings is 1. The summed E-state index contributed by atoms with van der Waals surface area (Å²) >= 11 is 1.85. The van der Waals surface area contributed by atoms with Crippen molar-refractivity contribution in [3.8, 4) is 0 Å². The van der Waals surface area contributed by atoms with Gasteiger partial charge in [0.25, 0.3) is 0 Å². The largest absolute Gasteiger partial charge is 0.354 e. The van der Waals surface area contributed by atoms with E-state index in [9.17, 15) is 0 Å². The van der Waals surface area contributed by atoms with E-state index in [1.165, 1.54) is 16.0 Å². The Bertz CT molecular complexity index is 653. The molecular formula is C16H17N3S. The fourth-order valence-corrected chi connectivity index (χ4v) is 3.80. The predicted molar refractivity (Wildman–Crippen MR) is 84.2 cm³/mol. The highest BCUT2D eigenvalue weighted by atomic mass is 32.1.